The highest BCUT2D eigenvalue weighted by atomic mass is 16.3. The smallest absolute Gasteiger partial charge is 0.135 e. The van der Waals surface area contributed by atoms with Gasteiger partial charge in [0.05, 0.1) is 0 Å². The Morgan fingerprint density at radius 2 is 1.07 bits per heavy atom. The Morgan fingerprint density at radius 3 is 1.71 bits per heavy atom. The van der Waals surface area contributed by atoms with Gasteiger partial charge in [0, 0.05) is 27.8 Å². The van der Waals surface area contributed by atoms with Gasteiger partial charge in [0.2, 0.25) is 0 Å². The topological polar surface area (TPSA) is 16.4 Å². The van der Waals surface area contributed by atoms with Crippen molar-refractivity contribution in [2.75, 3.05) is 4.90 Å². The molecule has 0 aliphatic heterocycles. The predicted octanol–water partition coefficient (Wildman–Crippen LogP) is 7.67. The first-order valence-electron chi connectivity index (χ1n) is 9.54. The third kappa shape index (κ3) is 2.84. The minimum absolute atomic E-state index is 0.915. The van der Waals surface area contributed by atoms with E-state index in [0.717, 1.165) is 39.0 Å². The van der Waals surface area contributed by atoms with Crippen LogP contribution >= 0.6 is 0 Å². The summed E-state index contributed by atoms with van der Waals surface area (Å²) in [4.78, 5) is 2.29. The lowest BCUT2D eigenvalue weighted by Gasteiger charge is -2.25. The maximum Gasteiger partial charge on any atom is 0.135 e. The SMILES string of the molecule is Cc1ccc(N(c2ccc(C)cc2)c2ccc3oc4ccccc4c3c2)cc1. The van der Waals surface area contributed by atoms with Crippen molar-refractivity contribution >= 4 is 39.0 Å². The Labute approximate surface area is 164 Å². The normalized spacial score (nSPS) is 11.2. The Balaban J connectivity index is 1.73. The summed E-state index contributed by atoms with van der Waals surface area (Å²) in [6, 6.07) is 31.9. The number of hydrogen-bond donors (Lipinski definition) is 0. The molecule has 0 amide bonds. The van der Waals surface area contributed by atoms with Crippen LogP contribution in [0, 0.1) is 13.8 Å². The third-order valence-electron chi connectivity index (χ3n) is 5.20. The molecule has 0 unspecified atom stereocenters. The van der Waals surface area contributed by atoms with Crippen molar-refractivity contribution in [1.82, 2.24) is 0 Å². The molecule has 2 nitrogen and oxygen atoms in total. The van der Waals surface area contributed by atoms with Crippen molar-refractivity contribution in [2.24, 2.45) is 0 Å². The summed E-state index contributed by atoms with van der Waals surface area (Å²) < 4.78 is 6.01. The number of para-hydroxylation sites is 1. The van der Waals surface area contributed by atoms with Crippen LogP contribution in [0.3, 0.4) is 0 Å². The maximum atomic E-state index is 6.01. The van der Waals surface area contributed by atoms with Crippen molar-refractivity contribution in [2.45, 2.75) is 13.8 Å². The minimum atomic E-state index is 0.915. The van der Waals surface area contributed by atoms with Crippen LogP contribution in [0.5, 0.6) is 0 Å². The molecule has 5 aromatic rings. The van der Waals surface area contributed by atoms with Crippen LogP contribution < -0.4 is 4.90 Å². The van der Waals surface area contributed by atoms with Crippen LogP contribution in [0.4, 0.5) is 17.1 Å². The van der Waals surface area contributed by atoms with Crippen molar-refractivity contribution in [3.63, 3.8) is 0 Å². The van der Waals surface area contributed by atoms with Crippen molar-refractivity contribution < 1.29 is 4.42 Å². The molecule has 1 heterocycles. The zero-order valence-corrected chi connectivity index (χ0v) is 16.0. The summed E-state index contributed by atoms with van der Waals surface area (Å²) in [6.07, 6.45) is 0. The van der Waals surface area contributed by atoms with Crippen molar-refractivity contribution in [3.8, 4) is 0 Å². The molecule has 0 saturated carbocycles. The molecule has 0 radical (unpaired) electrons. The van der Waals surface area contributed by atoms with Gasteiger partial charge < -0.3 is 9.32 Å². The second kappa shape index (κ2) is 6.58. The van der Waals surface area contributed by atoms with Crippen LogP contribution in [0.1, 0.15) is 11.1 Å². The molecule has 0 bridgehead atoms. The standard InChI is InChI=1S/C26H21NO/c1-18-7-11-20(12-8-18)27(21-13-9-19(2)10-14-21)22-15-16-26-24(17-22)23-5-3-4-6-25(23)28-26/h3-17H,1-2H3. The zero-order chi connectivity index (χ0) is 19.1. The van der Waals surface area contributed by atoms with E-state index in [1.807, 2.05) is 12.1 Å². The maximum absolute atomic E-state index is 6.01. The molecular weight excluding hydrogens is 342 g/mol. The molecule has 4 aromatic carbocycles. The Morgan fingerprint density at radius 1 is 0.536 bits per heavy atom. The van der Waals surface area contributed by atoms with E-state index >= 15 is 0 Å². The molecule has 0 atom stereocenters. The lowest BCUT2D eigenvalue weighted by atomic mass is 10.1. The predicted molar refractivity (Wildman–Crippen MR) is 118 cm³/mol. The van der Waals surface area contributed by atoms with Crippen LogP contribution in [0.2, 0.25) is 0 Å². The monoisotopic (exact) mass is 363 g/mol. The van der Waals surface area contributed by atoms with E-state index in [9.17, 15) is 0 Å². The van der Waals surface area contributed by atoms with Gasteiger partial charge in [0.1, 0.15) is 11.2 Å². The van der Waals surface area contributed by atoms with E-state index in [1.54, 1.807) is 0 Å². The lowest BCUT2D eigenvalue weighted by Crippen LogP contribution is -2.09. The number of hydrogen-bond acceptors (Lipinski definition) is 2. The van der Waals surface area contributed by atoms with Gasteiger partial charge >= 0.3 is 0 Å². The number of fused-ring (bicyclic) bond motifs is 3. The van der Waals surface area contributed by atoms with Gasteiger partial charge in [-0.05, 0) is 62.4 Å². The minimum Gasteiger partial charge on any atom is -0.456 e. The molecule has 0 spiro atoms. The number of rotatable bonds is 3. The van der Waals surface area contributed by atoms with Gasteiger partial charge in [0.25, 0.3) is 0 Å². The van der Waals surface area contributed by atoms with Crippen LogP contribution in [-0.4, -0.2) is 0 Å². The first-order chi connectivity index (χ1) is 13.7. The number of aryl methyl sites for hydroxylation is 2. The van der Waals surface area contributed by atoms with Gasteiger partial charge in [-0.1, -0.05) is 53.6 Å². The highest BCUT2D eigenvalue weighted by Gasteiger charge is 2.15. The van der Waals surface area contributed by atoms with Crippen molar-refractivity contribution in [3.05, 3.63) is 102 Å². The summed E-state index contributed by atoms with van der Waals surface area (Å²) in [5, 5.41) is 2.28. The fraction of sp³-hybridized carbons (Fsp3) is 0.0769. The summed E-state index contributed by atoms with van der Waals surface area (Å²) >= 11 is 0. The molecule has 1 aromatic heterocycles. The van der Waals surface area contributed by atoms with Crippen LogP contribution in [-0.2, 0) is 0 Å². The molecule has 2 heteroatoms. The van der Waals surface area contributed by atoms with E-state index in [0.29, 0.717) is 0 Å². The van der Waals surface area contributed by atoms with Crippen LogP contribution in [0.25, 0.3) is 21.9 Å². The van der Waals surface area contributed by atoms with Gasteiger partial charge in [-0.3, -0.25) is 0 Å². The highest BCUT2D eigenvalue weighted by Crippen LogP contribution is 2.38. The summed E-state index contributed by atoms with van der Waals surface area (Å²) in [7, 11) is 0. The summed E-state index contributed by atoms with van der Waals surface area (Å²) in [5.74, 6) is 0. The quantitative estimate of drug-likeness (QED) is 0.327. The number of anilines is 3. The molecule has 0 saturated heterocycles. The van der Waals surface area contributed by atoms with Gasteiger partial charge in [-0.25, -0.2) is 0 Å². The average Bonchev–Trinajstić information content (AvgIpc) is 3.09. The average molecular weight is 363 g/mol. The van der Waals surface area contributed by atoms with E-state index in [4.69, 9.17) is 4.42 Å². The van der Waals surface area contributed by atoms with Crippen molar-refractivity contribution in [1.29, 1.82) is 0 Å². The third-order valence-corrected chi connectivity index (χ3v) is 5.20. The first-order valence-corrected chi connectivity index (χ1v) is 9.54. The molecular formula is C26H21NO. The molecule has 5 rings (SSSR count). The zero-order valence-electron chi connectivity index (χ0n) is 16.0. The van der Waals surface area contributed by atoms with Crippen LogP contribution in [0.15, 0.2) is 95.4 Å². The Kier molecular flexibility index (Phi) is 3.91. The van der Waals surface area contributed by atoms with E-state index in [1.165, 1.54) is 11.1 Å². The largest absolute Gasteiger partial charge is 0.456 e. The summed E-state index contributed by atoms with van der Waals surface area (Å²) in [6.45, 7) is 4.23. The lowest BCUT2D eigenvalue weighted by molar-refractivity contribution is 0.669. The van der Waals surface area contributed by atoms with E-state index in [2.05, 4.69) is 97.6 Å². The summed E-state index contributed by atoms with van der Waals surface area (Å²) in [5.41, 5.74) is 7.74. The number of benzene rings is 4. The molecule has 0 fully saturated rings. The molecule has 0 N–H and O–H groups in total. The number of nitrogens with zero attached hydrogens (tertiary/aromatic N) is 1. The highest BCUT2D eigenvalue weighted by molar-refractivity contribution is 6.06. The second-order valence-corrected chi connectivity index (χ2v) is 7.29. The second-order valence-electron chi connectivity index (χ2n) is 7.29. The number of furan rings is 1. The Bertz CT molecular complexity index is 1220. The molecule has 0 aliphatic carbocycles. The molecule has 28 heavy (non-hydrogen) atoms. The first kappa shape index (κ1) is 16.6. The fourth-order valence-corrected chi connectivity index (χ4v) is 3.69. The van der Waals surface area contributed by atoms with Gasteiger partial charge in [0.15, 0.2) is 0 Å². The fourth-order valence-electron chi connectivity index (χ4n) is 3.69. The molecule has 0 aliphatic rings. The van der Waals surface area contributed by atoms with E-state index < -0.39 is 0 Å². The van der Waals surface area contributed by atoms with Gasteiger partial charge in [-0.2, -0.15) is 0 Å². The van der Waals surface area contributed by atoms with E-state index in [-0.39, 0.29) is 0 Å². The Hall–Kier alpha value is -3.52. The van der Waals surface area contributed by atoms with Gasteiger partial charge in [-0.15, -0.1) is 0 Å². The molecule has 136 valence electrons.